The van der Waals surface area contributed by atoms with Crippen LogP contribution >= 0.6 is 0 Å². The van der Waals surface area contributed by atoms with Gasteiger partial charge in [-0.05, 0) is 36.0 Å². The standard InChI is InChI=1S/C18H25NO2/c1-18(2,3)11-10-14-6-8-15(9-7-14)17(20)19-13-16-5-4-12-21-16/h6-11,16H,4-5,12-13H2,1-3H3,(H,19,20)/b11-10+. The van der Waals surface area contributed by atoms with Crippen molar-refractivity contribution in [3.05, 3.63) is 41.5 Å². The minimum absolute atomic E-state index is 0.0307. The number of hydrogen-bond donors (Lipinski definition) is 1. The molecule has 21 heavy (non-hydrogen) atoms. The van der Waals surface area contributed by atoms with E-state index in [2.05, 4.69) is 38.2 Å². The van der Waals surface area contributed by atoms with Gasteiger partial charge in [0.05, 0.1) is 6.10 Å². The molecule has 3 heteroatoms. The molecule has 0 aliphatic carbocycles. The van der Waals surface area contributed by atoms with Gasteiger partial charge in [-0.1, -0.05) is 45.1 Å². The molecule has 1 saturated heterocycles. The van der Waals surface area contributed by atoms with Gasteiger partial charge in [-0.25, -0.2) is 0 Å². The molecule has 0 spiro atoms. The molecule has 1 aromatic carbocycles. The van der Waals surface area contributed by atoms with E-state index in [-0.39, 0.29) is 17.4 Å². The van der Waals surface area contributed by atoms with E-state index in [9.17, 15) is 4.79 Å². The smallest absolute Gasteiger partial charge is 0.251 e. The summed E-state index contributed by atoms with van der Waals surface area (Å²) in [5.41, 5.74) is 1.97. The van der Waals surface area contributed by atoms with Crippen LogP contribution in [0.5, 0.6) is 0 Å². The van der Waals surface area contributed by atoms with Crippen LogP contribution in [0.2, 0.25) is 0 Å². The van der Waals surface area contributed by atoms with Gasteiger partial charge in [-0.2, -0.15) is 0 Å². The first-order chi connectivity index (χ1) is 9.94. The number of amides is 1. The lowest BCUT2D eigenvalue weighted by molar-refractivity contribution is 0.0858. The molecule has 1 unspecified atom stereocenters. The predicted octanol–water partition coefficient (Wildman–Crippen LogP) is 3.65. The number of carbonyl (C=O) groups excluding carboxylic acids is 1. The Morgan fingerprint density at radius 1 is 1.33 bits per heavy atom. The number of allylic oxidation sites excluding steroid dienone is 1. The van der Waals surface area contributed by atoms with E-state index >= 15 is 0 Å². The van der Waals surface area contributed by atoms with E-state index in [0.29, 0.717) is 12.1 Å². The maximum absolute atomic E-state index is 12.0. The first-order valence-corrected chi connectivity index (χ1v) is 7.63. The van der Waals surface area contributed by atoms with Gasteiger partial charge < -0.3 is 10.1 Å². The SMILES string of the molecule is CC(C)(C)/C=C/c1ccc(C(=O)NCC2CCCO2)cc1. The Bertz CT molecular complexity index is 491. The summed E-state index contributed by atoms with van der Waals surface area (Å²) in [6, 6.07) is 7.69. The van der Waals surface area contributed by atoms with E-state index < -0.39 is 0 Å². The van der Waals surface area contributed by atoms with Crippen molar-refractivity contribution in [3.8, 4) is 0 Å². The van der Waals surface area contributed by atoms with E-state index in [1.165, 1.54) is 0 Å². The van der Waals surface area contributed by atoms with Crippen molar-refractivity contribution in [3.63, 3.8) is 0 Å². The second-order valence-electron chi connectivity index (χ2n) is 6.67. The molecule has 1 aliphatic heterocycles. The Kier molecular flexibility index (Phi) is 5.18. The lowest BCUT2D eigenvalue weighted by Crippen LogP contribution is -2.31. The maximum Gasteiger partial charge on any atom is 0.251 e. The zero-order valence-electron chi connectivity index (χ0n) is 13.2. The monoisotopic (exact) mass is 287 g/mol. The average Bonchev–Trinajstić information content (AvgIpc) is 2.95. The minimum atomic E-state index is -0.0307. The van der Waals surface area contributed by atoms with Crippen molar-refractivity contribution < 1.29 is 9.53 Å². The van der Waals surface area contributed by atoms with Gasteiger partial charge in [0, 0.05) is 18.7 Å². The third-order valence-corrected chi connectivity index (χ3v) is 3.46. The predicted molar refractivity (Wildman–Crippen MR) is 86.2 cm³/mol. The van der Waals surface area contributed by atoms with Gasteiger partial charge in [0.25, 0.3) is 5.91 Å². The zero-order valence-corrected chi connectivity index (χ0v) is 13.2. The van der Waals surface area contributed by atoms with Gasteiger partial charge >= 0.3 is 0 Å². The highest BCUT2D eigenvalue weighted by Crippen LogP contribution is 2.17. The van der Waals surface area contributed by atoms with Crippen molar-refractivity contribution in [2.24, 2.45) is 5.41 Å². The normalized spacial score (nSPS) is 19.1. The lowest BCUT2D eigenvalue weighted by Gasteiger charge is -2.12. The summed E-state index contributed by atoms with van der Waals surface area (Å²) >= 11 is 0. The molecule has 1 aromatic rings. The topological polar surface area (TPSA) is 38.3 Å². The molecule has 1 aliphatic rings. The molecule has 1 fully saturated rings. The summed E-state index contributed by atoms with van der Waals surface area (Å²) in [5.74, 6) is -0.0307. The van der Waals surface area contributed by atoms with Crippen LogP contribution in [0.1, 0.15) is 49.5 Å². The largest absolute Gasteiger partial charge is 0.376 e. The Hall–Kier alpha value is -1.61. The third kappa shape index (κ3) is 5.35. The van der Waals surface area contributed by atoms with Crippen LogP contribution in [0.3, 0.4) is 0 Å². The van der Waals surface area contributed by atoms with Crippen LogP contribution in [0.25, 0.3) is 6.08 Å². The van der Waals surface area contributed by atoms with Gasteiger partial charge in [0.2, 0.25) is 0 Å². The van der Waals surface area contributed by atoms with Crippen LogP contribution in [-0.4, -0.2) is 25.2 Å². The van der Waals surface area contributed by atoms with Crippen molar-refractivity contribution in [2.75, 3.05) is 13.2 Å². The van der Waals surface area contributed by atoms with Crippen molar-refractivity contribution in [1.29, 1.82) is 0 Å². The number of benzene rings is 1. The fourth-order valence-corrected chi connectivity index (χ4v) is 2.21. The van der Waals surface area contributed by atoms with Crippen LogP contribution in [0, 0.1) is 5.41 Å². The highest BCUT2D eigenvalue weighted by atomic mass is 16.5. The molecule has 0 saturated carbocycles. The van der Waals surface area contributed by atoms with Gasteiger partial charge in [-0.3, -0.25) is 4.79 Å². The summed E-state index contributed by atoms with van der Waals surface area (Å²) in [7, 11) is 0. The fraction of sp³-hybridized carbons (Fsp3) is 0.500. The highest BCUT2D eigenvalue weighted by Gasteiger charge is 2.16. The van der Waals surface area contributed by atoms with E-state index in [0.717, 1.165) is 25.0 Å². The molecule has 1 N–H and O–H groups in total. The molecule has 114 valence electrons. The van der Waals surface area contributed by atoms with Crippen LogP contribution in [0.4, 0.5) is 0 Å². The van der Waals surface area contributed by atoms with Crippen molar-refractivity contribution >= 4 is 12.0 Å². The zero-order chi connectivity index (χ0) is 15.3. The first kappa shape index (κ1) is 15.8. The molecule has 0 radical (unpaired) electrons. The van der Waals surface area contributed by atoms with Gasteiger partial charge in [-0.15, -0.1) is 0 Å². The Balaban J connectivity index is 1.88. The van der Waals surface area contributed by atoms with Gasteiger partial charge in [0.1, 0.15) is 0 Å². The summed E-state index contributed by atoms with van der Waals surface area (Å²) in [5, 5.41) is 2.93. The molecule has 0 aromatic heterocycles. The molecule has 1 amide bonds. The Morgan fingerprint density at radius 3 is 2.62 bits per heavy atom. The summed E-state index contributed by atoms with van der Waals surface area (Å²) < 4.78 is 5.50. The molecule has 0 bridgehead atoms. The number of carbonyl (C=O) groups is 1. The van der Waals surface area contributed by atoms with E-state index in [4.69, 9.17) is 4.74 Å². The summed E-state index contributed by atoms with van der Waals surface area (Å²) in [6.45, 7) is 7.91. The number of ether oxygens (including phenoxy) is 1. The molecular weight excluding hydrogens is 262 g/mol. The highest BCUT2D eigenvalue weighted by molar-refractivity contribution is 5.94. The van der Waals surface area contributed by atoms with Crippen molar-refractivity contribution in [2.45, 2.75) is 39.7 Å². The van der Waals surface area contributed by atoms with E-state index in [1.807, 2.05) is 24.3 Å². The van der Waals surface area contributed by atoms with Crippen LogP contribution in [-0.2, 0) is 4.74 Å². The Labute approximate surface area is 127 Å². The number of hydrogen-bond acceptors (Lipinski definition) is 2. The van der Waals surface area contributed by atoms with E-state index in [1.54, 1.807) is 0 Å². The number of nitrogens with one attached hydrogen (secondary N) is 1. The summed E-state index contributed by atoms with van der Waals surface area (Å²) in [6.07, 6.45) is 6.57. The average molecular weight is 287 g/mol. The lowest BCUT2D eigenvalue weighted by atomic mass is 9.95. The second-order valence-corrected chi connectivity index (χ2v) is 6.67. The fourth-order valence-electron chi connectivity index (χ4n) is 2.21. The third-order valence-electron chi connectivity index (χ3n) is 3.46. The maximum atomic E-state index is 12.0. The molecule has 1 atom stereocenters. The molecular formula is C18H25NO2. The molecule has 1 heterocycles. The first-order valence-electron chi connectivity index (χ1n) is 7.63. The minimum Gasteiger partial charge on any atom is -0.376 e. The Morgan fingerprint density at radius 2 is 2.05 bits per heavy atom. The second kappa shape index (κ2) is 6.90. The molecule has 2 rings (SSSR count). The van der Waals surface area contributed by atoms with Gasteiger partial charge in [0.15, 0.2) is 0 Å². The van der Waals surface area contributed by atoms with Crippen LogP contribution in [0.15, 0.2) is 30.3 Å². The number of rotatable bonds is 4. The summed E-state index contributed by atoms with van der Waals surface area (Å²) in [4.78, 5) is 12.0. The van der Waals surface area contributed by atoms with Crippen molar-refractivity contribution in [1.82, 2.24) is 5.32 Å². The molecule has 3 nitrogen and oxygen atoms in total. The quantitative estimate of drug-likeness (QED) is 0.918. The van der Waals surface area contributed by atoms with Crippen LogP contribution < -0.4 is 5.32 Å².